The third kappa shape index (κ3) is 3.20. The van der Waals surface area contributed by atoms with E-state index in [1.165, 1.54) is 17.5 Å². The van der Waals surface area contributed by atoms with Crippen LogP contribution in [0.4, 0.5) is 5.82 Å². The topological polar surface area (TPSA) is 95.2 Å². The first-order chi connectivity index (χ1) is 14.2. The van der Waals surface area contributed by atoms with Crippen LogP contribution in [0.15, 0.2) is 36.1 Å². The van der Waals surface area contributed by atoms with Gasteiger partial charge in [0.1, 0.15) is 11.7 Å². The summed E-state index contributed by atoms with van der Waals surface area (Å²) in [5, 5.41) is 9.31. The normalized spacial score (nSPS) is 21.6. The van der Waals surface area contributed by atoms with Gasteiger partial charge in [-0.1, -0.05) is 0 Å². The molecule has 2 fully saturated rings. The number of fused-ring (bicyclic) bond motifs is 1. The van der Waals surface area contributed by atoms with E-state index in [-0.39, 0.29) is 5.91 Å². The molecule has 2 saturated heterocycles. The second kappa shape index (κ2) is 7.06. The molecule has 1 amide bonds. The molecule has 3 aromatic rings. The van der Waals surface area contributed by atoms with E-state index in [2.05, 4.69) is 21.0 Å². The van der Waals surface area contributed by atoms with Crippen molar-refractivity contribution in [2.75, 3.05) is 37.7 Å². The van der Waals surface area contributed by atoms with Crippen LogP contribution in [0.2, 0.25) is 0 Å². The number of ether oxygens (including phenoxy) is 1. The van der Waals surface area contributed by atoms with E-state index < -0.39 is 5.60 Å². The molecule has 1 aromatic carbocycles. The molecule has 2 aliphatic heterocycles. The Morgan fingerprint density at radius 3 is 3.00 bits per heavy atom. The Bertz CT molecular complexity index is 1130. The Hall–Kier alpha value is -3.09. The predicted octanol–water partition coefficient (Wildman–Crippen LogP) is 2.08. The van der Waals surface area contributed by atoms with Gasteiger partial charge in [-0.05, 0) is 24.6 Å². The standard InChI is InChI=1S/C20H18N6O2S/c21-10-16-18(23-5-4-22-16)25-6-3-20(11-25)12-26(7-8-28-20)19(27)14-1-2-15-17(9-14)29-13-24-15/h1-2,4-5,9,13H,3,6-8,11-12H2. The molecule has 0 saturated carbocycles. The summed E-state index contributed by atoms with van der Waals surface area (Å²) in [5.41, 5.74) is 3.24. The Labute approximate surface area is 171 Å². The third-order valence-electron chi connectivity index (χ3n) is 5.51. The number of rotatable bonds is 2. The Morgan fingerprint density at radius 2 is 2.10 bits per heavy atom. The van der Waals surface area contributed by atoms with Gasteiger partial charge in [-0.2, -0.15) is 5.26 Å². The van der Waals surface area contributed by atoms with Crippen molar-refractivity contribution in [3.8, 4) is 6.07 Å². The molecule has 0 radical (unpaired) electrons. The summed E-state index contributed by atoms with van der Waals surface area (Å²) in [4.78, 5) is 29.7. The van der Waals surface area contributed by atoms with Crippen molar-refractivity contribution in [3.63, 3.8) is 0 Å². The number of carbonyl (C=O) groups excluding carboxylic acids is 1. The van der Waals surface area contributed by atoms with Crippen molar-refractivity contribution in [2.24, 2.45) is 0 Å². The summed E-state index contributed by atoms with van der Waals surface area (Å²) >= 11 is 1.53. The van der Waals surface area contributed by atoms with Crippen molar-refractivity contribution in [1.29, 1.82) is 5.26 Å². The Morgan fingerprint density at radius 1 is 1.21 bits per heavy atom. The van der Waals surface area contributed by atoms with Gasteiger partial charge in [0.25, 0.3) is 5.91 Å². The predicted molar refractivity (Wildman–Crippen MR) is 108 cm³/mol. The van der Waals surface area contributed by atoms with E-state index in [0.29, 0.717) is 49.9 Å². The number of aromatic nitrogens is 3. The van der Waals surface area contributed by atoms with Crippen molar-refractivity contribution in [2.45, 2.75) is 12.0 Å². The molecule has 8 nitrogen and oxygen atoms in total. The van der Waals surface area contributed by atoms with Crippen LogP contribution in [0.3, 0.4) is 0 Å². The van der Waals surface area contributed by atoms with Crippen molar-refractivity contribution in [3.05, 3.63) is 47.4 Å². The number of amides is 1. The summed E-state index contributed by atoms with van der Waals surface area (Å²) in [6.07, 6.45) is 3.88. The van der Waals surface area contributed by atoms with Gasteiger partial charge in [0.2, 0.25) is 0 Å². The lowest BCUT2D eigenvalue weighted by Crippen LogP contribution is -2.55. The van der Waals surface area contributed by atoms with E-state index in [4.69, 9.17) is 4.74 Å². The van der Waals surface area contributed by atoms with Gasteiger partial charge < -0.3 is 14.5 Å². The zero-order valence-corrected chi connectivity index (χ0v) is 16.4. The van der Waals surface area contributed by atoms with Crippen LogP contribution < -0.4 is 4.90 Å². The van der Waals surface area contributed by atoms with Crippen molar-refractivity contribution >= 4 is 33.3 Å². The van der Waals surface area contributed by atoms with Crippen LogP contribution >= 0.6 is 11.3 Å². The maximum atomic E-state index is 13.1. The quantitative estimate of drug-likeness (QED) is 0.643. The number of thiazole rings is 1. The number of benzene rings is 1. The molecule has 0 bridgehead atoms. The number of hydrogen-bond donors (Lipinski definition) is 0. The van der Waals surface area contributed by atoms with Crippen LogP contribution in [-0.4, -0.2) is 64.1 Å². The van der Waals surface area contributed by atoms with Crippen molar-refractivity contribution in [1.82, 2.24) is 19.9 Å². The van der Waals surface area contributed by atoms with E-state index in [0.717, 1.165) is 16.6 Å². The second-order valence-electron chi connectivity index (χ2n) is 7.30. The van der Waals surface area contributed by atoms with Gasteiger partial charge in [0, 0.05) is 31.0 Å². The zero-order valence-electron chi connectivity index (χ0n) is 15.6. The van der Waals surface area contributed by atoms with Gasteiger partial charge in [0.05, 0.1) is 35.4 Å². The highest BCUT2D eigenvalue weighted by molar-refractivity contribution is 7.16. The maximum Gasteiger partial charge on any atom is 0.254 e. The smallest absolute Gasteiger partial charge is 0.254 e. The summed E-state index contributed by atoms with van der Waals surface area (Å²) in [6, 6.07) is 7.75. The molecule has 9 heteroatoms. The average Bonchev–Trinajstić information content (AvgIpc) is 3.40. The van der Waals surface area contributed by atoms with Crippen LogP contribution in [0, 0.1) is 11.3 Å². The molecule has 4 heterocycles. The van der Waals surface area contributed by atoms with Gasteiger partial charge in [-0.3, -0.25) is 4.79 Å². The van der Waals surface area contributed by atoms with E-state index in [1.54, 1.807) is 11.7 Å². The summed E-state index contributed by atoms with van der Waals surface area (Å²) in [7, 11) is 0. The number of morpholine rings is 1. The van der Waals surface area contributed by atoms with Crippen LogP contribution in [0.5, 0.6) is 0 Å². The molecule has 1 spiro atoms. The molecule has 146 valence electrons. The van der Waals surface area contributed by atoms with Gasteiger partial charge in [-0.25, -0.2) is 15.0 Å². The number of nitriles is 1. The molecule has 2 aliphatic rings. The van der Waals surface area contributed by atoms with Gasteiger partial charge in [0.15, 0.2) is 11.5 Å². The highest BCUT2D eigenvalue weighted by Gasteiger charge is 2.45. The molecule has 5 rings (SSSR count). The first-order valence-corrected chi connectivity index (χ1v) is 10.3. The second-order valence-corrected chi connectivity index (χ2v) is 8.19. The van der Waals surface area contributed by atoms with E-state index in [9.17, 15) is 10.1 Å². The van der Waals surface area contributed by atoms with Crippen LogP contribution in [0.1, 0.15) is 22.5 Å². The van der Waals surface area contributed by atoms with Crippen molar-refractivity contribution < 1.29 is 9.53 Å². The first kappa shape index (κ1) is 18.0. The molecule has 2 aromatic heterocycles. The SMILES string of the molecule is N#Cc1nccnc1N1CCC2(CN(C(=O)c3ccc4ncsc4c3)CCO2)C1. The third-order valence-corrected chi connectivity index (χ3v) is 6.31. The molecular weight excluding hydrogens is 388 g/mol. The van der Waals surface area contributed by atoms with E-state index in [1.807, 2.05) is 28.0 Å². The fourth-order valence-electron chi connectivity index (χ4n) is 4.10. The zero-order chi connectivity index (χ0) is 19.8. The largest absolute Gasteiger partial charge is 0.369 e. The molecule has 1 atom stereocenters. The van der Waals surface area contributed by atoms with Gasteiger partial charge >= 0.3 is 0 Å². The molecule has 0 aliphatic carbocycles. The minimum absolute atomic E-state index is 0.0126. The fraction of sp³-hybridized carbons (Fsp3) is 0.350. The molecule has 29 heavy (non-hydrogen) atoms. The highest BCUT2D eigenvalue weighted by atomic mass is 32.1. The lowest BCUT2D eigenvalue weighted by molar-refractivity contribution is -0.0856. The summed E-state index contributed by atoms with van der Waals surface area (Å²) < 4.78 is 7.16. The van der Waals surface area contributed by atoms with E-state index >= 15 is 0 Å². The molecule has 1 unspecified atom stereocenters. The number of carbonyl (C=O) groups is 1. The number of hydrogen-bond acceptors (Lipinski definition) is 8. The van der Waals surface area contributed by atoms with Gasteiger partial charge in [-0.15, -0.1) is 11.3 Å². The number of anilines is 1. The minimum atomic E-state index is -0.452. The minimum Gasteiger partial charge on any atom is -0.369 e. The summed E-state index contributed by atoms with van der Waals surface area (Å²) in [5.74, 6) is 0.591. The highest BCUT2D eigenvalue weighted by Crippen LogP contribution is 2.33. The number of nitrogens with zero attached hydrogens (tertiary/aromatic N) is 6. The monoisotopic (exact) mass is 406 g/mol. The fourth-order valence-corrected chi connectivity index (χ4v) is 4.82. The molecular formula is C20H18N6O2S. The molecule has 0 N–H and O–H groups in total. The Kier molecular flexibility index (Phi) is 4.38. The Balaban J connectivity index is 1.35. The summed E-state index contributed by atoms with van der Waals surface area (Å²) in [6.45, 7) is 2.87. The maximum absolute atomic E-state index is 13.1. The lowest BCUT2D eigenvalue weighted by Gasteiger charge is -2.40. The van der Waals surface area contributed by atoms with Crippen LogP contribution in [-0.2, 0) is 4.74 Å². The van der Waals surface area contributed by atoms with Crippen LogP contribution in [0.25, 0.3) is 10.2 Å². The average molecular weight is 406 g/mol. The first-order valence-electron chi connectivity index (χ1n) is 9.40. The lowest BCUT2D eigenvalue weighted by atomic mass is 10.00.